The Morgan fingerprint density at radius 3 is 2.96 bits per heavy atom. The second-order valence-corrected chi connectivity index (χ2v) is 8.09. The van der Waals surface area contributed by atoms with Crippen molar-refractivity contribution in [3.8, 4) is 0 Å². The Hall–Kier alpha value is -1.85. The third kappa shape index (κ3) is 2.19. The smallest absolute Gasteiger partial charge is 0.155 e. The van der Waals surface area contributed by atoms with Crippen molar-refractivity contribution >= 4 is 16.9 Å². The van der Waals surface area contributed by atoms with Gasteiger partial charge in [-0.1, -0.05) is 24.6 Å². The lowest BCUT2D eigenvalue weighted by Crippen LogP contribution is -3.16. The maximum absolute atomic E-state index is 11.7. The van der Waals surface area contributed by atoms with Crippen LogP contribution in [0.3, 0.4) is 0 Å². The molecular weight excluding hydrogens is 316 g/mol. The van der Waals surface area contributed by atoms with Crippen LogP contribution < -0.4 is 10.0 Å². The van der Waals surface area contributed by atoms with E-state index in [4.69, 9.17) is 0 Å². The maximum atomic E-state index is 11.7. The van der Waals surface area contributed by atoms with E-state index in [1.54, 1.807) is 0 Å². The second-order valence-electron chi connectivity index (χ2n) is 8.09. The fraction of sp³-hybridized carbons (Fsp3) is 0.550. The van der Waals surface area contributed by atoms with Crippen LogP contribution in [0.4, 0.5) is 0 Å². The summed E-state index contributed by atoms with van der Waals surface area (Å²) in [5.74, 6) is -1.37. The topological polar surface area (TPSA) is 80.6 Å². The molecule has 3 aliphatic rings. The van der Waals surface area contributed by atoms with Crippen LogP contribution in [0.1, 0.15) is 36.6 Å². The number of piperidine rings is 1. The zero-order valence-corrected chi connectivity index (χ0v) is 14.2. The number of carboxylic acid groups (broad SMARTS) is 1. The van der Waals surface area contributed by atoms with E-state index in [1.165, 1.54) is 15.8 Å². The average Bonchev–Trinajstić information content (AvgIpc) is 2.99. The minimum Gasteiger partial charge on any atom is -0.550 e. The molecule has 2 fully saturated rings. The number of carbonyl (C=O) groups is 1. The molecule has 1 aliphatic carbocycles. The molecule has 0 radical (unpaired) electrons. The van der Waals surface area contributed by atoms with Gasteiger partial charge in [-0.3, -0.25) is 0 Å². The number of benzene rings is 1. The predicted molar refractivity (Wildman–Crippen MR) is 90.8 cm³/mol. The van der Waals surface area contributed by atoms with E-state index < -0.39 is 18.0 Å². The molecule has 5 rings (SSSR count). The molecule has 0 amide bonds. The number of aromatic nitrogens is 1. The monoisotopic (exact) mass is 340 g/mol. The van der Waals surface area contributed by atoms with Gasteiger partial charge in [0.15, 0.2) is 6.04 Å². The third-order valence-corrected chi connectivity index (χ3v) is 6.96. The van der Waals surface area contributed by atoms with E-state index >= 15 is 0 Å². The average molecular weight is 340 g/mol. The summed E-state index contributed by atoms with van der Waals surface area (Å²) in [6.45, 7) is 1.97. The molecule has 6 atom stereocenters. The molecule has 1 unspecified atom stereocenters. The highest BCUT2D eigenvalue weighted by atomic mass is 16.4. The third-order valence-electron chi connectivity index (χ3n) is 6.96. The van der Waals surface area contributed by atoms with Gasteiger partial charge in [0.05, 0.1) is 18.8 Å². The van der Waals surface area contributed by atoms with Crippen molar-refractivity contribution in [1.82, 2.24) is 4.98 Å². The van der Waals surface area contributed by atoms with E-state index in [1.807, 2.05) is 6.07 Å². The second kappa shape index (κ2) is 5.58. The number of nitrogens with one attached hydrogen (secondary N) is 2. The van der Waals surface area contributed by atoms with Gasteiger partial charge in [0.2, 0.25) is 0 Å². The van der Waals surface area contributed by atoms with Crippen LogP contribution in [0.2, 0.25) is 0 Å². The van der Waals surface area contributed by atoms with Crippen LogP contribution in [0.25, 0.3) is 10.9 Å². The standard InChI is InChI=1S/C20H24N2O3/c23-19-16-11(4-3-6-14(16)20(24)25)10-22-9-8-13-12-5-1-2-7-15(12)21-17(13)18(19)22/h1-2,5,7,11,14,16,18-19,21,23H,3-4,6,8-10H2,(H,24,25)/t11-,14-,16+,18+,19+/m0/s1. The van der Waals surface area contributed by atoms with Crippen molar-refractivity contribution < 1.29 is 19.9 Å². The molecule has 5 heteroatoms. The van der Waals surface area contributed by atoms with Crippen LogP contribution in [0, 0.1) is 17.8 Å². The fourth-order valence-corrected chi connectivity index (χ4v) is 5.94. The Morgan fingerprint density at radius 2 is 2.12 bits per heavy atom. The highest BCUT2D eigenvalue weighted by Crippen LogP contribution is 2.43. The normalized spacial score (nSPS) is 37.2. The number of carbonyl (C=O) groups excluding carboxylic acids is 1. The van der Waals surface area contributed by atoms with E-state index in [0.717, 1.165) is 43.6 Å². The molecule has 2 aliphatic heterocycles. The van der Waals surface area contributed by atoms with Crippen LogP contribution in [-0.4, -0.2) is 35.3 Å². The summed E-state index contributed by atoms with van der Waals surface area (Å²) in [6, 6.07) is 8.25. The maximum Gasteiger partial charge on any atom is 0.155 e. The zero-order chi connectivity index (χ0) is 17.1. The number of aliphatic hydroxyl groups is 1. The number of fused-ring (bicyclic) bond motifs is 6. The SMILES string of the molecule is O=C([O-])[C@H]1CCC[C@H]2C[NH+]3CCc4c([nH]c5ccccc45)[C@@H]3[C@H](O)[C@H]21. The first-order valence-electron chi connectivity index (χ1n) is 9.48. The van der Waals surface area contributed by atoms with Gasteiger partial charge in [-0.2, -0.15) is 0 Å². The summed E-state index contributed by atoms with van der Waals surface area (Å²) in [6.07, 6.45) is 2.99. The van der Waals surface area contributed by atoms with Crippen LogP contribution >= 0.6 is 0 Å². The van der Waals surface area contributed by atoms with Gasteiger partial charge in [-0.05, 0) is 24.5 Å². The van der Waals surface area contributed by atoms with Crippen molar-refractivity contribution in [2.45, 2.75) is 37.8 Å². The molecule has 25 heavy (non-hydrogen) atoms. The van der Waals surface area contributed by atoms with Crippen LogP contribution in [0.15, 0.2) is 24.3 Å². The van der Waals surface area contributed by atoms with Gasteiger partial charge >= 0.3 is 0 Å². The molecule has 132 valence electrons. The van der Waals surface area contributed by atoms with Gasteiger partial charge in [-0.15, -0.1) is 0 Å². The first kappa shape index (κ1) is 15.4. The van der Waals surface area contributed by atoms with Crippen molar-refractivity contribution in [3.05, 3.63) is 35.5 Å². The molecule has 1 aromatic carbocycles. The number of aliphatic hydroxyl groups excluding tert-OH is 1. The number of hydrogen-bond acceptors (Lipinski definition) is 3. The molecule has 3 N–H and O–H groups in total. The van der Waals surface area contributed by atoms with Crippen LogP contribution in [0.5, 0.6) is 0 Å². The van der Waals surface area contributed by atoms with E-state index in [2.05, 4.69) is 23.2 Å². The van der Waals surface area contributed by atoms with E-state index in [9.17, 15) is 15.0 Å². The van der Waals surface area contributed by atoms with Gasteiger partial charge in [0.25, 0.3) is 0 Å². The number of aliphatic carboxylic acids is 1. The van der Waals surface area contributed by atoms with Gasteiger partial charge in [-0.25, -0.2) is 0 Å². The number of H-pyrrole nitrogens is 1. The van der Waals surface area contributed by atoms with E-state index in [0.29, 0.717) is 12.3 Å². The highest BCUT2D eigenvalue weighted by molar-refractivity contribution is 5.85. The fourth-order valence-electron chi connectivity index (χ4n) is 5.94. The van der Waals surface area contributed by atoms with E-state index in [-0.39, 0.29) is 12.0 Å². The summed E-state index contributed by atoms with van der Waals surface area (Å²) in [4.78, 5) is 16.6. The number of quaternary nitrogens is 1. The van der Waals surface area contributed by atoms with Gasteiger partial charge < -0.3 is 24.9 Å². The zero-order valence-electron chi connectivity index (χ0n) is 14.2. The minimum absolute atomic E-state index is 0.0441. The summed E-state index contributed by atoms with van der Waals surface area (Å²) >= 11 is 0. The molecule has 1 saturated carbocycles. The van der Waals surface area contributed by atoms with Gasteiger partial charge in [0, 0.05) is 41.0 Å². The van der Waals surface area contributed by atoms with Crippen molar-refractivity contribution in [3.63, 3.8) is 0 Å². The largest absolute Gasteiger partial charge is 0.550 e. The molecule has 1 saturated heterocycles. The minimum atomic E-state index is -0.982. The number of hydrogen-bond donors (Lipinski definition) is 3. The lowest BCUT2D eigenvalue weighted by atomic mass is 9.64. The first-order valence-corrected chi connectivity index (χ1v) is 9.48. The summed E-state index contributed by atoms with van der Waals surface area (Å²) in [5, 5.41) is 24.2. The van der Waals surface area contributed by atoms with Crippen LogP contribution in [-0.2, 0) is 11.2 Å². The highest BCUT2D eigenvalue weighted by Gasteiger charge is 2.53. The Labute approximate surface area is 146 Å². The molecule has 5 nitrogen and oxygen atoms in total. The number of aromatic amines is 1. The lowest BCUT2D eigenvalue weighted by Gasteiger charge is -2.51. The Balaban J connectivity index is 1.59. The summed E-state index contributed by atoms with van der Waals surface area (Å²) < 4.78 is 0. The first-order chi connectivity index (χ1) is 12.1. The molecule has 1 aromatic heterocycles. The molecular formula is C20H24N2O3. The number of para-hydroxylation sites is 1. The van der Waals surface area contributed by atoms with Crippen molar-refractivity contribution in [1.29, 1.82) is 0 Å². The Bertz CT molecular complexity index is 829. The molecule has 0 spiro atoms. The van der Waals surface area contributed by atoms with Crippen molar-refractivity contribution in [2.24, 2.45) is 17.8 Å². The molecule has 2 aromatic rings. The lowest BCUT2D eigenvalue weighted by molar-refractivity contribution is -0.949. The Kier molecular flexibility index (Phi) is 3.44. The quantitative estimate of drug-likeness (QED) is 0.673. The Morgan fingerprint density at radius 1 is 1.28 bits per heavy atom. The number of carboxylic acids is 1. The molecule has 0 bridgehead atoms. The number of rotatable bonds is 1. The van der Waals surface area contributed by atoms with Gasteiger partial charge in [0.1, 0.15) is 6.10 Å². The molecule has 3 heterocycles. The van der Waals surface area contributed by atoms with Crippen molar-refractivity contribution in [2.75, 3.05) is 13.1 Å². The summed E-state index contributed by atoms with van der Waals surface area (Å²) in [5.41, 5.74) is 3.54. The predicted octanol–water partition coefficient (Wildman–Crippen LogP) is -0.193. The summed E-state index contributed by atoms with van der Waals surface area (Å²) in [7, 11) is 0.